The maximum atomic E-state index is 11.6. The summed E-state index contributed by atoms with van der Waals surface area (Å²) in [5, 5.41) is 7.29. The van der Waals surface area contributed by atoms with E-state index >= 15 is 0 Å². The lowest BCUT2D eigenvalue weighted by molar-refractivity contribution is -0.127. The van der Waals surface area contributed by atoms with Gasteiger partial charge in [0.05, 0.1) is 6.54 Å². The largest absolute Gasteiger partial charge is 0.354 e. The predicted octanol–water partition coefficient (Wildman–Crippen LogP) is 1.92. The summed E-state index contributed by atoms with van der Waals surface area (Å²) >= 11 is 2.05. The zero-order valence-corrected chi connectivity index (χ0v) is 16.7. The van der Waals surface area contributed by atoms with Crippen LogP contribution in [-0.4, -0.2) is 61.5 Å². The molecule has 2 N–H and O–H groups in total. The molecule has 1 fully saturated rings. The van der Waals surface area contributed by atoms with Crippen molar-refractivity contribution in [2.75, 3.05) is 33.4 Å². The third kappa shape index (κ3) is 8.13. The van der Waals surface area contributed by atoms with E-state index in [2.05, 4.69) is 34.3 Å². The normalized spacial score (nSPS) is 22.2. The highest BCUT2D eigenvalue weighted by Gasteiger charge is 2.22. The monoisotopic (exact) mass is 428 g/mol. The van der Waals surface area contributed by atoms with Crippen LogP contribution in [0.1, 0.15) is 32.6 Å². The number of rotatable bonds is 5. The highest BCUT2D eigenvalue weighted by atomic mass is 127. The molecule has 0 spiro atoms. The fourth-order valence-corrected chi connectivity index (χ4v) is 3.54. The first-order chi connectivity index (χ1) is 9.56. The summed E-state index contributed by atoms with van der Waals surface area (Å²) in [5.74, 6) is 1.96. The molecular formula is C14H29IN4OS. The summed E-state index contributed by atoms with van der Waals surface area (Å²) in [4.78, 5) is 17.3. The van der Waals surface area contributed by atoms with Crippen LogP contribution in [0.25, 0.3) is 0 Å². The van der Waals surface area contributed by atoms with E-state index in [1.807, 2.05) is 0 Å². The minimum absolute atomic E-state index is 0. The molecule has 1 aliphatic carbocycles. The van der Waals surface area contributed by atoms with E-state index in [1.165, 1.54) is 31.4 Å². The Bertz CT molecular complexity index is 337. The molecule has 0 aromatic carbocycles. The first-order valence-electron chi connectivity index (χ1n) is 7.35. The molecule has 124 valence electrons. The summed E-state index contributed by atoms with van der Waals surface area (Å²) < 4.78 is 0. The van der Waals surface area contributed by atoms with Crippen LogP contribution in [0.5, 0.6) is 0 Å². The number of likely N-dealkylation sites (N-methyl/N-ethyl adjacent to an activating group) is 1. The molecule has 21 heavy (non-hydrogen) atoms. The molecule has 1 amide bonds. The van der Waals surface area contributed by atoms with Gasteiger partial charge in [-0.25, -0.2) is 0 Å². The minimum Gasteiger partial charge on any atom is -0.354 e. The summed E-state index contributed by atoms with van der Waals surface area (Å²) in [7, 11) is 5.26. The van der Waals surface area contributed by atoms with Gasteiger partial charge in [0.1, 0.15) is 0 Å². The molecule has 0 bridgehead atoms. The zero-order valence-electron chi connectivity index (χ0n) is 13.5. The highest BCUT2D eigenvalue weighted by Crippen LogP contribution is 2.28. The third-order valence-corrected chi connectivity index (χ3v) is 4.73. The van der Waals surface area contributed by atoms with Crippen molar-refractivity contribution in [1.82, 2.24) is 15.5 Å². The van der Waals surface area contributed by atoms with E-state index in [1.54, 1.807) is 26.0 Å². The second kappa shape index (κ2) is 11.4. The van der Waals surface area contributed by atoms with Gasteiger partial charge < -0.3 is 15.5 Å². The van der Waals surface area contributed by atoms with Crippen molar-refractivity contribution in [1.29, 1.82) is 0 Å². The van der Waals surface area contributed by atoms with Crippen LogP contribution in [0.15, 0.2) is 4.99 Å². The van der Waals surface area contributed by atoms with Gasteiger partial charge in [-0.2, -0.15) is 11.8 Å². The second-order valence-corrected chi connectivity index (χ2v) is 6.88. The second-order valence-electron chi connectivity index (χ2n) is 5.30. The van der Waals surface area contributed by atoms with Crippen LogP contribution in [-0.2, 0) is 4.79 Å². The molecular weight excluding hydrogens is 399 g/mol. The SMILES string of the molecule is CCSC1CCCC(NC(=NC)NCC(=O)N(C)C)C1.I. The van der Waals surface area contributed by atoms with Crippen LogP contribution >= 0.6 is 35.7 Å². The maximum Gasteiger partial charge on any atom is 0.241 e. The number of guanidine groups is 1. The van der Waals surface area contributed by atoms with Gasteiger partial charge in [-0.1, -0.05) is 13.3 Å². The van der Waals surface area contributed by atoms with Crippen LogP contribution in [0.4, 0.5) is 0 Å². The Morgan fingerprint density at radius 3 is 2.67 bits per heavy atom. The van der Waals surface area contributed by atoms with Crippen molar-refractivity contribution in [3.05, 3.63) is 0 Å². The third-order valence-electron chi connectivity index (χ3n) is 3.50. The number of carbonyl (C=O) groups excluding carboxylic acids is 1. The number of hydrogen-bond donors (Lipinski definition) is 2. The van der Waals surface area contributed by atoms with Crippen molar-refractivity contribution in [2.45, 2.75) is 43.9 Å². The summed E-state index contributed by atoms with van der Waals surface area (Å²) in [6.07, 6.45) is 4.95. The molecule has 5 nitrogen and oxygen atoms in total. The predicted molar refractivity (Wildman–Crippen MR) is 103 cm³/mol. The van der Waals surface area contributed by atoms with E-state index in [-0.39, 0.29) is 36.4 Å². The highest BCUT2D eigenvalue weighted by molar-refractivity contribution is 14.0. The van der Waals surface area contributed by atoms with Gasteiger partial charge >= 0.3 is 0 Å². The van der Waals surface area contributed by atoms with Crippen molar-refractivity contribution in [3.63, 3.8) is 0 Å². The van der Waals surface area contributed by atoms with Gasteiger partial charge in [0, 0.05) is 32.4 Å². The fraction of sp³-hybridized carbons (Fsp3) is 0.857. The van der Waals surface area contributed by atoms with Crippen molar-refractivity contribution in [3.8, 4) is 0 Å². The van der Waals surface area contributed by atoms with E-state index in [9.17, 15) is 4.79 Å². The lowest BCUT2D eigenvalue weighted by Gasteiger charge is -2.30. The van der Waals surface area contributed by atoms with Crippen molar-refractivity contribution >= 4 is 47.6 Å². The molecule has 0 saturated heterocycles. The topological polar surface area (TPSA) is 56.7 Å². The van der Waals surface area contributed by atoms with Gasteiger partial charge in [-0.05, 0) is 25.0 Å². The number of thioether (sulfide) groups is 1. The van der Waals surface area contributed by atoms with Crippen LogP contribution in [0.2, 0.25) is 0 Å². The van der Waals surface area contributed by atoms with Gasteiger partial charge in [0.25, 0.3) is 0 Å². The maximum absolute atomic E-state index is 11.6. The summed E-state index contributed by atoms with van der Waals surface area (Å²) in [5.41, 5.74) is 0. The molecule has 2 unspecified atom stereocenters. The molecule has 0 radical (unpaired) electrons. The lowest BCUT2D eigenvalue weighted by Crippen LogP contribution is -2.48. The minimum atomic E-state index is 0. The number of nitrogens with zero attached hydrogens (tertiary/aromatic N) is 2. The van der Waals surface area contributed by atoms with E-state index in [4.69, 9.17) is 0 Å². The average Bonchev–Trinajstić information content (AvgIpc) is 2.43. The molecule has 1 rings (SSSR count). The molecule has 0 aromatic rings. The zero-order chi connectivity index (χ0) is 15.0. The Morgan fingerprint density at radius 1 is 1.38 bits per heavy atom. The first kappa shape index (κ1) is 20.8. The average molecular weight is 428 g/mol. The van der Waals surface area contributed by atoms with E-state index in [0.717, 1.165) is 11.2 Å². The van der Waals surface area contributed by atoms with Crippen LogP contribution < -0.4 is 10.6 Å². The van der Waals surface area contributed by atoms with Gasteiger partial charge in [-0.3, -0.25) is 9.79 Å². The quantitative estimate of drug-likeness (QED) is 0.399. The number of hydrogen-bond acceptors (Lipinski definition) is 3. The van der Waals surface area contributed by atoms with Crippen molar-refractivity contribution < 1.29 is 4.79 Å². The molecule has 1 aliphatic rings. The van der Waals surface area contributed by atoms with Crippen LogP contribution in [0, 0.1) is 0 Å². The summed E-state index contributed by atoms with van der Waals surface area (Å²) in [6.45, 7) is 2.50. The Hall–Kier alpha value is -0.180. The smallest absolute Gasteiger partial charge is 0.241 e. The molecule has 1 saturated carbocycles. The first-order valence-corrected chi connectivity index (χ1v) is 8.40. The molecule has 2 atom stereocenters. The molecule has 0 aliphatic heterocycles. The van der Waals surface area contributed by atoms with E-state index < -0.39 is 0 Å². The standard InChI is InChI=1S/C14H28N4OS.HI/c1-5-20-12-8-6-7-11(9-12)17-14(15-2)16-10-13(19)18(3)4;/h11-12H,5-10H2,1-4H3,(H2,15,16,17);1H. The van der Waals surface area contributed by atoms with Gasteiger partial charge in [0.2, 0.25) is 5.91 Å². The van der Waals surface area contributed by atoms with Gasteiger partial charge in [0.15, 0.2) is 5.96 Å². The van der Waals surface area contributed by atoms with E-state index in [0.29, 0.717) is 6.04 Å². The van der Waals surface area contributed by atoms with Gasteiger partial charge in [-0.15, -0.1) is 24.0 Å². The van der Waals surface area contributed by atoms with Crippen molar-refractivity contribution in [2.24, 2.45) is 4.99 Å². The Kier molecular flexibility index (Phi) is 11.3. The Balaban J connectivity index is 0.00000400. The van der Waals surface area contributed by atoms with Crippen LogP contribution in [0.3, 0.4) is 0 Å². The molecule has 0 aromatic heterocycles. The Labute approximate surface area is 150 Å². The lowest BCUT2D eigenvalue weighted by atomic mass is 9.95. The number of carbonyl (C=O) groups is 1. The number of nitrogens with one attached hydrogen (secondary N) is 2. The Morgan fingerprint density at radius 2 is 2.10 bits per heavy atom. The molecule has 7 heteroatoms. The number of halogens is 1. The summed E-state index contributed by atoms with van der Waals surface area (Å²) in [6, 6.07) is 0.466. The molecule has 0 heterocycles. The number of amides is 1. The number of aliphatic imine (C=N–C) groups is 1. The fourth-order valence-electron chi connectivity index (χ4n) is 2.37.